The molecule has 1 aromatic carbocycles. The van der Waals surface area contributed by atoms with Crippen LogP contribution in [0.1, 0.15) is 30.1 Å². The largest absolute Gasteiger partial charge is 0.508 e. The summed E-state index contributed by atoms with van der Waals surface area (Å²) in [6, 6.07) is 6.33. The molecule has 0 heterocycles. The summed E-state index contributed by atoms with van der Waals surface area (Å²) < 4.78 is 0. The molecule has 0 fully saturated rings. The standard InChI is InChI=1S/C13H20N2O2/c1-2-10(6-7-14)9-15-13(17)11-4-3-5-12(16)8-11/h3-5,8,10,16H,2,6-7,9,14H2,1H3,(H,15,17). The lowest BCUT2D eigenvalue weighted by Gasteiger charge is -2.14. The Hall–Kier alpha value is -1.55. The molecule has 1 aromatic rings. The number of nitrogens with two attached hydrogens (primary N) is 1. The van der Waals surface area contributed by atoms with Crippen LogP contribution in [0.25, 0.3) is 0 Å². The fourth-order valence-corrected chi connectivity index (χ4v) is 1.67. The molecule has 94 valence electrons. The maximum absolute atomic E-state index is 11.8. The van der Waals surface area contributed by atoms with Gasteiger partial charge in [0.1, 0.15) is 5.75 Å². The first-order chi connectivity index (χ1) is 8.17. The van der Waals surface area contributed by atoms with Gasteiger partial charge < -0.3 is 16.2 Å². The average Bonchev–Trinajstić information content (AvgIpc) is 2.34. The van der Waals surface area contributed by atoms with Crippen LogP contribution in [0.15, 0.2) is 24.3 Å². The zero-order chi connectivity index (χ0) is 12.7. The highest BCUT2D eigenvalue weighted by Crippen LogP contribution is 2.11. The van der Waals surface area contributed by atoms with Crippen LogP contribution in [-0.2, 0) is 0 Å². The highest BCUT2D eigenvalue weighted by Gasteiger charge is 2.09. The summed E-state index contributed by atoms with van der Waals surface area (Å²) in [5.41, 5.74) is 5.98. The van der Waals surface area contributed by atoms with Gasteiger partial charge >= 0.3 is 0 Å². The Kier molecular flexibility index (Phi) is 5.49. The van der Waals surface area contributed by atoms with E-state index in [1.165, 1.54) is 6.07 Å². The molecule has 0 spiro atoms. The number of aromatic hydroxyl groups is 1. The molecule has 0 radical (unpaired) electrons. The Balaban J connectivity index is 2.49. The van der Waals surface area contributed by atoms with Crippen LogP contribution in [0.5, 0.6) is 5.75 Å². The summed E-state index contributed by atoms with van der Waals surface area (Å²) in [5, 5.41) is 12.1. The number of hydrogen-bond donors (Lipinski definition) is 3. The van der Waals surface area contributed by atoms with Crippen LogP contribution in [0.2, 0.25) is 0 Å². The molecule has 1 atom stereocenters. The number of phenolic OH excluding ortho intramolecular Hbond substituents is 1. The van der Waals surface area contributed by atoms with Crippen LogP contribution in [0, 0.1) is 5.92 Å². The van der Waals surface area contributed by atoms with E-state index in [9.17, 15) is 9.90 Å². The van der Waals surface area contributed by atoms with Gasteiger partial charge in [0.25, 0.3) is 5.91 Å². The first kappa shape index (κ1) is 13.5. The minimum Gasteiger partial charge on any atom is -0.508 e. The summed E-state index contributed by atoms with van der Waals surface area (Å²) in [4.78, 5) is 11.8. The second-order valence-corrected chi connectivity index (χ2v) is 4.11. The Morgan fingerprint density at radius 3 is 2.88 bits per heavy atom. The molecule has 0 aliphatic heterocycles. The fourth-order valence-electron chi connectivity index (χ4n) is 1.67. The third-order valence-corrected chi connectivity index (χ3v) is 2.81. The van der Waals surface area contributed by atoms with Crippen LogP contribution >= 0.6 is 0 Å². The van der Waals surface area contributed by atoms with Gasteiger partial charge in [0.15, 0.2) is 0 Å². The number of carbonyl (C=O) groups excluding carboxylic acids is 1. The van der Waals surface area contributed by atoms with Crippen LogP contribution in [0.3, 0.4) is 0 Å². The van der Waals surface area contributed by atoms with E-state index in [2.05, 4.69) is 12.2 Å². The van der Waals surface area contributed by atoms with Crippen molar-refractivity contribution in [3.63, 3.8) is 0 Å². The number of amides is 1. The van der Waals surface area contributed by atoms with E-state index in [-0.39, 0.29) is 11.7 Å². The van der Waals surface area contributed by atoms with Crippen molar-refractivity contribution in [2.75, 3.05) is 13.1 Å². The molecule has 0 bridgehead atoms. The molecule has 4 N–H and O–H groups in total. The van der Waals surface area contributed by atoms with Crippen molar-refractivity contribution >= 4 is 5.91 Å². The van der Waals surface area contributed by atoms with Crippen molar-refractivity contribution in [3.05, 3.63) is 29.8 Å². The first-order valence-electron chi connectivity index (χ1n) is 5.94. The van der Waals surface area contributed by atoms with E-state index in [1.54, 1.807) is 18.2 Å². The number of nitrogens with one attached hydrogen (secondary N) is 1. The van der Waals surface area contributed by atoms with E-state index in [0.29, 0.717) is 24.6 Å². The molecule has 1 unspecified atom stereocenters. The smallest absolute Gasteiger partial charge is 0.251 e. The Labute approximate surface area is 102 Å². The fraction of sp³-hybridized carbons (Fsp3) is 0.462. The quantitative estimate of drug-likeness (QED) is 0.700. The van der Waals surface area contributed by atoms with Crippen LogP contribution in [0.4, 0.5) is 0 Å². The van der Waals surface area contributed by atoms with Gasteiger partial charge in [-0.2, -0.15) is 0 Å². The predicted molar refractivity (Wildman–Crippen MR) is 67.9 cm³/mol. The Morgan fingerprint density at radius 2 is 2.29 bits per heavy atom. The lowest BCUT2D eigenvalue weighted by Crippen LogP contribution is -2.30. The molecule has 4 nitrogen and oxygen atoms in total. The SMILES string of the molecule is CCC(CCN)CNC(=O)c1cccc(O)c1. The van der Waals surface area contributed by atoms with Crippen molar-refractivity contribution < 1.29 is 9.90 Å². The normalized spacial score (nSPS) is 12.1. The summed E-state index contributed by atoms with van der Waals surface area (Å²) >= 11 is 0. The molecule has 1 rings (SSSR count). The molecule has 17 heavy (non-hydrogen) atoms. The highest BCUT2D eigenvalue weighted by molar-refractivity contribution is 5.94. The molecule has 0 aliphatic carbocycles. The Morgan fingerprint density at radius 1 is 1.53 bits per heavy atom. The molecule has 0 saturated carbocycles. The van der Waals surface area contributed by atoms with E-state index in [1.807, 2.05) is 0 Å². The van der Waals surface area contributed by atoms with E-state index < -0.39 is 0 Å². The third kappa shape index (κ3) is 4.44. The minimum atomic E-state index is -0.156. The van der Waals surface area contributed by atoms with Crippen LogP contribution < -0.4 is 11.1 Å². The molecule has 1 amide bonds. The van der Waals surface area contributed by atoms with Crippen molar-refractivity contribution in [1.29, 1.82) is 0 Å². The second-order valence-electron chi connectivity index (χ2n) is 4.11. The number of phenols is 1. The first-order valence-corrected chi connectivity index (χ1v) is 5.94. The van der Waals surface area contributed by atoms with Gasteiger partial charge in [-0.15, -0.1) is 0 Å². The van der Waals surface area contributed by atoms with Gasteiger partial charge in [-0.1, -0.05) is 19.4 Å². The molecule has 0 aliphatic rings. The maximum Gasteiger partial charge on any atom is 0.251 e. The third-order valence-electron chi connectivity index (χ3n) is 2.81. The predicted octanol–water partition coefficient (Wildman–Crippen LogP) is 1.50. The van der Waals surface area contributed by atoms with Gasteiger partial charge in [0.05, 0.1) is 0 Å². The molecule has 4 heteroatoms. The van der Waals surface area contributed by atoms with Gasteiger partial charge in [-0.05, 0) is 37.1 Å². The molecule has 0 saturated heterocycles. The number of carbonyl (C=O) groups is 1. The lowest BCUT2D eigenvalue weighted by atomic mass is 10.0. The monoisotopic (exact) mass is 236 g/mol. The summed E-state index contributed by atoms with van der Waals surface area (Å²) in [6.07, 6.45) is 1.91. The molecule has 0 aromatic heterocycles. The van der Waals surface area contributed by atoms with Gasteiger partial charge in [0, 0.05) is 12.1 Å². The van der Waals surface area contributed by atoms with Crippen molar-refractivity contribution in [2.45, 2.75) is 19.8 Å². The van der Waals surface area contributed by atoms with E-state index in [4.69, 9.17) is 5.73 Å². The Bertz CT molecular complexity index is 366. The van der Waals surface area contributed by atoms with Crippen molar-refractivity contribution in [2.24, 2.45) is 11.7 Å². The van der Waals surface area contributed by atoms with E-state index >= 15 is 0 Å². The maximum atomic E-state index is 11.8. The zero-order valence-corrected chi connectivity index (χ0v) is 10.1. The summed E-state index contributed by atoms with van der Waals surface area (Å²) in [7, 11) is 0. The van der Waals surface area contributed by atoms with Crippen molar-refractivity contribution in [3.8, 4) is 5.75 Å². The van der Waals surface area contributed by atoms with Gasteiger partial charge in [0.2, 0.25) is 0 Å². The second kappa shape index (κ2) is 6.91. The lowest BCUT2D eigenvalue weighted by molar-refractivity contribution is 0.0945. The highest BCUT2D eigenvalue weighted by atomic mass is 16.3. The minimum absolute atomic E-state index is 0.103. The zero-order valence-electron chi connectivity index (χ0n) is 10.1. The van der Waals surface area contributed by atoms with E-state index in [0.717, 1.165) is 12.8 Å². The number of benzene rings is 1. The van der Waals surface area contributed by atoms with Crippen LogP contribution in [-0.4, -0.2) is 24.1 Å². The van der Waals surface area contributed by atoms with Gasteiger partial charge in [-0.25, -0.2) is 0 Å². The average molecular weight is 236 g/mol. The van der Waals surface area contributed by atoms with Gasteiger partial charge in [-0.3, -0.25) is 4.79 Å². The summed E-state index contributed by atoms with van der Waals surface area (Å²) in [6.45, 7) is 3.35. The number of rotatable bonds is 6. The topological polar surface area (TPSA) is 75.3 Å². The summed E-state index contributed by atoms with van der Waals surface area (Å²) in [5.74, 6) is 0.365. The number of hydrogen-bond acceptors (Lipinski definition) is 3. The van der Waals surface area contributed by atoms with Crippen molar-refractivity contribution in [1.82, 2.24) is 5.32 Å². The molecular weight excluding hydrogens is 216 g/mol. The molecular formula is C13H20N2O2.